The zero-order chi connectivity index (χ0) is 17.8. The maximum absolute atomic E-state index is 13.1. The Bertz CT molecular complexity index is 896. The van der Waals surface area contributed by atoms with Crippen LogP contribution in [0.15, 0.2) is 47.9 Å². The predicted octanol–water partition coefficient (Wildman–Crippen LogP) is 4.02. The van der Waals surface area contributed by atoms with Gasteiger partial charge >= 0.3 is 0 Å². The van der Waals surface area contributed by atoms with Crippen molar-refractivity contribution in [3.8, 4) is 5.69 Å². The highest BCUT2D eigenvalue weighted by Crippen LogP contribution is 2.19. The number of benzene rings is 1. The predicted molar refractivity (Wildman–Crippen MR) is 98.2 cm³/mol. The van der Waals surface area contributed by atoms with Crippen molar-refractivity contribution in [3.05, 3.63) is 75.5 Å². The van der Waals surface area contributed by atoms with Crippen LogP contribution in [0.3, 0.4) is 0 Å². The number of carbonyl (C=O) groups is 1. The summed E-state index contributed by atoms with van der Waals surface area (Å²) in [7, 11) is 0. The highest BCUT2D eigenvalue weighted by Gasteiger charge is 2.11. The lowest BCUT2D eigenvalue weighted by Gasteiger charge is -2.04. The van der Waals surface area contributed by atoms with Crippen molar-refractivity contribution in [1.29, 1.82) is 0 Å². The van der Waals surface area contributed by atoms with Gasteiger partial charge in [0.05, 0.1) is 17.9 Å². The van der Waals surface area contributed by atoms with Gasteiger partial charge in [0.15, 0.2) is 0 Å². The van der Waals surface area contributed by atoms with Gasteiger partial charge in [0.2, 0.25) is 5.91 Å². The second-order valence-corrected chi connectivity index (χ2v) is 6.64. The molecule has 1 aromatic carbocycles. The quantitative estimate of drug-likeness (QED) is 0.703. The second-order valence-electron chi connectivity index (χ2n) is 5.60. The minimum Gasteiger partial charge on any atom is -0.348 e. The number of nitrogens with one attached hydrogen (secondary N) is 1. The van der Waals surface area contributed by atoms with Crippen LogP contribution in [0.5, 0.6) is 0 Å². The number of hydrogen-bond acceptors (Lipinski definition) is 3. The van der Waals surface area contributed by atoms with Gasteiger partial charge in [-0.3, -0.25) is 4.79 Å². The molecule has 0 fully saturated rings. The fourth-order valence-corrected chi connectivity index (χ4v) is 3.18. The van der Waals surface area contributed by atoms with E-state index in [1.807, 2.05) is 31.4 Å². The van der Waals surface area contributed by atoms with Crippen molar-refractivity contribution in [3.63, 3.8) is 0 Å². The topological polar surface area (TPSA) is 46.9 Å². The summed E-state index contributed by atoms with van der Waals surface area (Å²) in [5.41, 5.74) is 3.37. The average Bonchev–Trinajstić information content (AvgIpc) is 3.21. The molecule has 0 spiro atoms. The van der Waals surface area contributed by atoms with E-state index in [1.165, 1.54) is 18.2 Å². The molecule has 1 N–H and O–H groups in total. The van der Waals surface area contributed by atoms with Gasteiger partial charge in [-0.2, -0.15) is 5.10 Å². The van der Waals surface area contributed by atoms with Gasteiger partial charge in [-0.25, -0.2) is 9.07 Å². The molecular formula is C19H18FN3OS. The lowest BCUT2D eigenvalue weighted by atomic mass is 10.2. The van der Waals surface area contributed by atoms with Gasteiger partial charge in [0, 0.05) is 22.2 Å². The van der Waals surface area contributed by atoms with Crippen LogP contribution in [-0.2, 0) is 11.3 Å². The van der Waals surface area contributed by atoms with Crippen LogP contribution < -0.4 is 5.32 Å². The lowest BCUT2D eigenvalue weighted by molar-refractivity contribution is -0.116. The van der Waals surface area contributed by atoms with Gasteiger partial charge in [-0.05, 0) is 55.6 Å². The van der Waals surface area contributed by atoms with Crippen molar-refractivity contribution >= 4 is 23.3 Å². The highest BCUT2D eigenvalue weighted by molar-refractivity contribution is 7.09. The number of halogens is 1. The molecule has 0 unspecified atom stereocenters. The SMILES string of the molecule is Cc1nn(-c2ccc(F)cc2)c(C)c1/C=C/C(=O)NCc1cccs1. The summed E-state index contributed by atoms with van der Waals surface area (Å²) in [6.45, 7) is 4.33. The average molecular weight is 355 g/mol. The summed E-state index contributed by atoms with van der Waals surface area (Å²) in [5, 5.41) is 9.32. The smallest absolute Gasteiger partial charge is 0.244 e. The van der Waals surface area contributed by atoms with E-state index in [-0.39, 0.29) is 11.7 Å². The number of aryl methyl sites for hydroxylation is 1. The first-order valence-electron chi connectivity index (χ1n) is 7.85. The van der Waals surface area contributed by atoms with Crippen LogP contribution in [0.2, 0.25) is 0 Å². The third-order valence-corrected chi connectivity index (χ3v) is 4.71. The van der Waals surface area contributed by atoms with Crippen molar-refractivity contribution in [2.75, 3.05) is 0 Å². The first-order chi connectivity index (χ1) is 12.0. The van der Waals surface area contributed by atoms with E-state index in [4.69, 9.17) is 0 Å². The van der Waals surface area contributed by atoms with Crippen LogP contribution in [-0.4, -0.2) is 15.7 Å². The second kappa shape index (κ2) is 7.44. The number of rotatable bonds is 5. The zero-order valence-corrected chi connectivity index (χ0v) is 14.8. The van der Waals surface area contributed by atoms with Gasteiger partial charge in [0.1, 0.15) is 5.82 Å². The molecule has 25 heavy (non-hydrogen) atoms. The largest absolute Gasteiger partial charge is 0.348 e. The fraction of sp³-hybridized carbons (Fsp3) is 0.158. The van der Waals surface area contributed by atoms with E-state index in [9.17, 15) is 9.18 Å². The highest BCUT2D eigenvalue weighted by atomic mass is 32.1. The van der Waals surface area contributed by atoms with E-state index in [2.05, 4.69) is 10.4 Å². The number of thiophene rings is 1. The maximum Gasteiger partial charge on any atom is 0.244 e. The standard InChI is InChI=1S/C19H18FN3OS/c1-13-18(9-10-19(24)21-12-17-4-3-11-25-17)14(2)23(22-13)16-7-5-15(20)6-8-16/h3-11H,12H2,1-2H3,(H,21,24)/b10-9+. The molecule has 1 amide bonds. The summed E-state index contributed by atoms with van der Waals surface area (Å²) >= 11 is 1.61. The van der Waals surface area contributed by atoms with Crippen molar-refractivity contribution in [2.24, 2.45) is 0 Å². The Labute approximate surface area is 149 Å². The third kappa shape index (κ3) is 4.03. The number of hydrogen-bond donors (Lipinski definition) is 1. The van der Waals surface area contributed by atoms with Gasteiger partial charge in [-0.15, -0.1) is 11.3 Å². The molecule has 0 aliphatic rings. The number of carbonyl (C=O) groups excluding carboxylic acids is 1. The van der Waals surface area contributed by atoms with Crippen LogP contribution >= 0.6 is 11.3 Å². The van der Waals surface area contributed by atoms with Crippen LogP contribution in [0.1, 0.15) is 21.8 Å². The Morgan fingerprint density at radius 2 is 2.04 bits per heavy atom. The Balaban J connectivity index is 1.74. The van der Waals surface area contributed by atoms with Crippen LogP contribution in [0.4, 0.5) is 4.39 Å². The summed E-state index contributed by atoms with van der Waals surface area (Å²) < 4.78 is 14.8. The summed E-state index contributed by atoms with van der Waals surface area (Å²) in [4.78, 5) is 13.1. The van der Waals surface area contributed by atoms with Crippen LogP contribution in [0.25, 0.3) is 11.8 Å². The maximum atomic E-state index is 13.1. The van der Waals surface area contributed by atoms with E-state index in [1.54, 1.807) is 34.2 Å². The number of nitrogens with zero attached hydrogens (tertiary/aromatic N) is 2. The Morgan fingerprint density at radius 3 is 2.72 bits per heavy atom. The van der Waals surface area contributed by atoms with E-state index >= 15 is 0 Å². The minimum absolute atomic E-state index is 0.151. The molecule has 6 heteroatoms. The van der Waals surface area contributed by atoms with Crippen molar-refractivity contribution in [2.45, 2.75) is 20.4 Å². The lowest BCUT2D eigenvalue weighted by Crippen LogP contribution is -2.19. The Morgan fingerprint density at radius 1 is 1.28 bits per heavy atom. The molecule has 3 rings (SSSR count). The monoisotopic (exact) mass is 355 g/mol. The van der Waals surface area contributed by atoms with Gasteiger partial charge in [0.25, 0.3) is 0 Å². The van der Waals surface area contributed by atoms with E-state index in [0.717, 1.165) is 27.5 Å². The summed E-state index contributed by atoms with van der Waals surface area (Å²) in [6, 6.07) is 10.1. The Kier molecular flexibility index (Phi) is 5.09. The fourth-order valence-electron chi connectivity index (χ4n) is 2.53. The molecular weight excluding hydrogens is 337 g/mol. The molecule has 0 bridgehead atoms. The van der Waals surface area contributed by atoms with Crippen LogP contribution in [0, 0.1) is 19.7 Å². The molecule has 2 aromatic heterocycles. The molecule has 0 saturated carbocycles. The Hall–Kier alpha value is -2.73. The van der Waals surface area contributed by atoms with Gasteiger partial charge < -0.3 is 5.32 Å². The number of aromatic nitrogens is 2. The molecule has 2 heterocycles. The van der Waals surface area contributed by atoms with Gasteiger partial charge in [-0.1, -0.05) is 6.07 Å². The molecule has 0 aliphatic carbocycles. The first-order valence-corrected chi connectivity index (χ1v) is 8.73. The minimum atomic E-state index is -0.284. The molecule has 0 radical (unpaired) electrons. The zero-order valence-electron chi connectivity index (χ0n) is 14.0. The van der Waals surface area contributed by atoms with Crippen molar-refractivity contribution < 1.29 is 9.18 Å². The molecule has 0 saturated heterocycles. The molecule has 0 atom stereocenters. The van der Waals surface area contributed by atoms with Crippen molar-refractivity contribution in [1.82, 2.24) is 15.1 Å². The summed E-state index contributed by atoms with van der Waals surface area (Å²) in [5.74, 6) is -0.436. The van der Waals surface area contributed by atoms with E-state index < -0.39 is 0 Å². The molecule has 128 valence electrons. The number of amides is 1. The molecule has 4 nitrogen and oxygen atoms in total. The molecule has 0 aliphatic heterocycles. The summed E-state index contributed by atoms with van der Waals surface area (Å²) in [6.07, 6.45) is 3.28. The third-order valence-electron chi connectivity index (χ3n) is 3.84. The van der Waals surface area contributed by atoms with E-state index in [0.29, 0.717) is 6.54 Å². The molecule has 3 aromatic rings. The first kappa shape index (κ1) is 17.1. The normalized spacial score (nSPS) is 11.2.